The van der Waals surface area contributed by atoms with Gasteiger partial charge in [-0.3, -0.25) is 4.79 Å². The van der Waals surface area contributed by atoms with Crippen LogP contribution in [0.2, 0.25) is 0 Å². The van der Waals surface area contributed by atoms with Gasteiger partial charge in [-0.05, 0) is 18.7 Å². The molecule has 0 fully saturated rings. The van der Waals surface area contributed by atoms with Crippen molar-refractivity contribution in [1.29, 1.82) is 0 Å². The normalized spacial score (nSPS) is 14.2. The zero-order valence-electron chi connectivity index (χ0n) is 9.44. The number of rotatable bonds is 5. The Kier molecular flexibility index (Phi) is 5.71. The number of nitrogens with one attached hydrogen (secondary N) is 1. The number of halogens is 1. The topological polar surface area (TPSA) is 29.1 Å². The van der Waals surface area contributed by atoms with Crippen LogP contribution in [-0.4, -0.2) is 22.8 Å². The van der Waals surface area contributed by atoms with E-state index in [2.05, 4.69) is 5.32 Å². The van der Waals surface area contributed by atoms with Crippen molar-refractivity contribution in [3.63, 3.8) is 0 Å². The van der Waals surface area contributed by atoms with E-state index >= 15 is 0 Å². The number of carbonyl (C=O) groups excluding carboxylic acids is 1. The predicted molar refractivity (Wildman–Crippen MR) is 70.9 cm³/mol. The molecule has 88 valence electrons. The van der Waals surface area contributed by atoms with Gasteiger partial charge in [-0.15, -0.1) is 11.6 Å². The van der Waals surface area contributed by atoms with Crippen LogP contribution in [0.25, 0.3) is 0 Å². The Balaban J connectivity index is 2.46. The Hall–Kier alpha value is -0.670. The molecule has 0 spiro atoms. The first-order chi connectivity index (χ1) is 7.65. The van der Waals surface area contributed by atoms with E-state index in [-0.39, 0.29) is 16.5 Å². The van der Waals surface area contributed by atoms with Crippen LogP contribution in [0.3, 0.4) is 0 Å². The standard InChI is InChI=1S/C12H16ClNOS/c1-9(13)11(16-2)12(15)14-8-10-6-4-3-5-7-10/h3-7,9,11H,8H2,1-2H3,(H,14,15). The third-order valence-corrected chi connectivity index (χ3v) is 3.77. The third kappa shape index (κ3) is 4.06. The fourth-order valence-electron chi connectivity index (χ4n) is 1.39. The molecule has 0 bridgehead atoms. The Morgan fingerprint density at radius 1 is 1.44 bits per heavy atom. The van der Waals surface area contributed by atoms with E-state index in [1.165, 1.54) is 11.8 Å². The zero-order chi connectivity index (χ0) is 12.0. The summed E-state index contributed by atoms with van der Waals surface area (Å²) in [7, 11) is 0. The lowest BCUT2D eigenvalue weighted by molar-refractivity contribution is -0.120. The van der Waals surface area contributed by atoms with Gasteiger partial charge in [0, 0.05) is 6.54 Å². The summed E-state index contributed by atoms with van der Waals surface area (Å²) in [6.45, 7) is 2.39. The average molecular weight is 258 g/mol. The number of benzene rings is 1. The Morgan fingerprint density at radius 2 is 2.06 bits per heavy atom. The van der Waals surface area contributed by atoms with E-state index in [1.54, 1.807) is 0 Å². The highest BCUT2D eigenvalue weighted by molar-refractivity contribution is 8.00. The molecule has 4 heteroatoms. The number of alkyl halides is 1. The minimum atomic E-state index is -0.189. The maximum absolute atomic E-state index is 11.8. The largest absolute Gasteiger partial charge is 0.351 e. The highest BCUT2D eigenvalue weighted by Crippen LogP contribution is 2.16. The van der Waals surface area contributed by atoms with Gasteiger partial charge in [0.15, 0.2) is 0 Å². The summed E-state index contributed by atoms with van der Waals surface area (Å²) in [4.78, 5) is 11.8. The lowest BCUT2D eigenvalue weighted by Crippen LogP contribution is -2.36. The molecule has 1 aromatic carbocycles. The molecule has 0 aromatic heterocycles. The van der Waals surface area contributed by atoms with Crippen molar-refractivity contribution in [2.45, 2.75) is 24.1 Å². The summed E-state index contributed by atoms with van der Waals surface area (Å²) < 4.78 is 0. The van der Waals surface area contributed by atoms with Gasteiger partial charge < -0.3 is 5.32 Å². The number of hydrogen-bond donors (Lipinski definition) is 1. The molecule has 0 saturated heterocycles. The molecule has 1 amide bonds. The molecule has 2 nitrogen and oxygen atoms in total. The molecule has 0 aliphatic rings. The lowest BCUT2D eigenvalue weighted by Gasteiger charge is -2.16. The molecule has 2 unspecified atom stereocenters. The summed E-state index contributed by atoms with van der Waals surface area (Å²) in [5.41, 5.74) is 1.10. The fraction of sp³-hybridized carbons (Fsp3) is 0.417. The molecule has 0 radical (unpaired) electrons. The van der Waals surface area contributed by atoms with Gasteiger partial charge >= 0.3 is 0 Å². The van der Waals surface area contributed by atoms with E-state index < -0.39 is 0 Å². The van der Waals surface area contributed by atoms with Gasteiger partial charge in [-0.1, -0.05) is 30.3 Å². The van der Waals surface area contributed by atoms with Crippen LogP contribution in [0.4, 0.5) is 0 Å². The molecule has 1 N–H and O–H groups in total. The zero-order valence-corrected chi connectivity index (χ0v) is 11.0. The monoisotopic (exact) mass is 257 g/mol. The van der Waals surface area contributed by atoms with Crippen molar-refractivity contribution in [2.75, 3.05) is 6.26 Å². The van der Waals surface area contributed by atoms with E-state index in [9.17, 15) is 4.79 Å². The molecule has 2 atom stereocenters. The van der Waals surface area contributed by atoms with Crippen molar-refractivity contribution in [1.82, 2.24) is 5.32 Å². The van der Waals surface area contributed by atoms with Gasteiger partial charge in [0.1, 0.15) is 0 Å². The Morgan fingerprint density at radius 3 is 2.56 bits per heavy atom. The van der Waals surface area contributed by atoms with Crippen LogP contribution in [0.1, 0.15) is 12.5 Å². The highest BCUT2D eigenvalue weighted by Gasteiger charge is 2.21. The van der Waals surface area contributed by atoms with Crippen molar-refractivity contribution in [3.05, 3.63) is 35.9 Å². The molecule has 0 aliphatic heterocycles. The van der Waals surface area contributed by atoms with Crippen molar-refractivity contribution in [3.8, 4) is 0 Å². The van der Waals surface area contributed by atoms with Crippen LogP contribution in [0.15, 0.2) is 30.3 Å². The average Bonchev–Trinajstić information content (AvgIpc) is 2.28. The minimum absolute atomic E-state index is 0.00106. The number of amides is 1. The fourth-order valence-corrected chi connectivity index (χ4v) is 2.48. The minimum Gasteiger partial charge on any atom is -0.351 e. The number of hydrogen-bond acceptors (Lipinski definition) is 2. The SMILES string of the molecule is CSC(C(=O)NCc1ccccc1)C(C)Cl. The van der Waals surface area contributed by atoms with Gasteiger partial charge in [-0.25, -0.2) is 0 Å². The van der Waals surface area contributed by atoms with Crippen LogP contribution in [0, 0.1) is 0 Å². The second-order valence-electron chi connectivity index (χ2n) is 3.54. The molecule has 0 heterocycles. The second kappa shape index (κ2) is 6.81. The number of thioether (sulfide) groups is 1. The maximum atomic E-state index is 11.8. The molecule has 1 rings (SSSR count). The Bertz CT molecular complexity index is 329. The predicted octanol–water partition coefficient (Wildman–Crippen LogP) is 2.66. The first-order valence-electron chi connectivity index (χ1n) is 5.13. The highest BCUT2D eigenvalue weighted by atomic mass is 35.5. The van der Waals surface area contributed by atoms with Gasteiger partial charge in [0.2, 0.25) is 5.91 Å². The summed E-state index contributed by atoms with van der Waals surface area (Å²) in [6, 6.07) is 9.84. The molecular formula is C12H16ClNOS. The smallest absolute Gasteiger partial charge is 0.234 e. The van der Waals surface area contributed by atoms with Crippen LogP contribution < -0.4 is 5.32 Å². The van der Waals surface area contributed by atoms with E-state index in [1.807, 2.05) is 43.5 Å². The first-order valence-corrected chi connectivity index (χ1v) is 6.86. The van der Waals surface area contributed by atoms with Gasteiger partial charge in [0.05, 0.1) is 10.6 Å². The molecule has 0 saturated carbocycles. The van der Waals surface area contributed by atoms with Crippen molar-refractivity contribution in [2.24, 2.45) is 0 Å². The molecule has 16 heavy (non-hydrogen) atoms. The van der Waals surface area contributed by atoms with Crippen LogP contribution in [-0.2, 0) is 11.3 Å². The number of carbonyl (C=O) groups is 1. The van der Waals surface area contributed by atoms with Crippen molar-refractivity contribution >= 4 is 29.3 Å². The molecule has 1 aromatic rings. The first kappa shape index (κ1) is 13.4. The maximum Gasteiger partial charge on any atom is 0.234 e. The molecular weight excluding hydrogens is 242 g/mol. The summed E-state index contributed by atoms with van der Waals surface area (Å²) in [5, 5.41) is 2.54. The third-order valence-electron chi connectivity index (χ3n) is 2.24. The van der Waals surface area contributed by atoms with E-state index in [0.29, 0.717) is 6.54 Å². The van der Waals surface area contributed by atoms with E-state index in [4.69, 9.17) is 11.6 Å². The lowest BCUT2D eigenvalue weighted by atomic mass is 10.2. The summed E-state index contributed by atoms with van der Waals surface area (Å²) >= 11 is 7.42. The van der Waals surface area contributed by atoms with Crippen LogP contribution in [0.5, 0.6) is 0 Å². The van der Waals surface area contributed by atoms with Crippen molar-refractivity contribution < 1.29 is 4.79 Å². The van der Waals surface area contributed by atoms with Gasteiger partial charge in [-0.2, -0.15) is 11.8 Å². The van der Waals surface area contributed by atoms with Crippen LogP contribution >= 0.6 is 23.4 Å². The summed E-state index contributed by atoms with van der Waals surface area (Å²) in [6.07, 6.45) is 1.89. The Labute approximate surface area is 106 Å². The second-order valence-corrected chi connectivity index (χ2v) is 5.20. The summed E-state index contributed by atoms with van der Waals surface area (Å²) in [5.74, 6) is -0.00106. The van der Waals surface area contributed by atoms with Gasteiger partial charge in [0.25, 0.3) is 0 Å². The molecule has 0 aliphatic carbocycles. The van der Waals surface area contributed by atoms with E-state index in [0.717, 1.165) is 5.56 Å². The quantitative estimate of drug-likeness (QED) is 0.822.